The van der Waals surface area contributed by atoms with E-state index >= 15 is 0 Å². The van der Waals surface area contributed by atoms with E-state index in [2.05, 4.69) is 20.0 Å². The van der Waals surface area contributed by atoms with Crippen molar-refractivity contribution in [2.24, 2.45) is 0 Å². The van der Waals surface area contributed by atoms with Crippen molar-refractivity contribution in [2.75, 3.05) is 26.1 Å². The first-order chi connectivity index (χ1) is 10.2. The maximum Gasteiger partial charge on any atom is 0.358 e. The van der Waals surface area contributed by atoms with Crippen LogP contribution in [0.2, 0.25) is 0 Å². The standard InChI is InChI=1S/C15H17N3O3/c1-20-12-5-3-11(4-6-12)7-8-16-14-10-17-13(9-18-14)15(19)21-2/h3-6,9-10H,7-8H2,1-2H3,(H,16,18). The predicted octanol–water partition coefficient (Wildman–Crippen LogP) is 1.93. The van der Waals surface area contributed by atoms with Gasteiger partial charge in [-0.1, -0.05) is 12.1 Å². The van der Waals surface area contributed by atoms with Crippen LogP contribution in [0.4, 0.5) is 5.82 Å². The molecule has 2 rings (SSSR count). The van der Waals surface area contributed by atoms with E-state index in [1.165, 1.54) is 25.1 Å². The van der Waals surface area contributed by atoms with Gasteiger partial charge in [0, 0.05) is 6.54 Å². The zero-order valence-corrected chi connectivity index (χ0v) is 12.0. The second-order valence-electron chi connectivity index (χ2n) is 4.30. The van der Waals surface area contributed by atoms with Gasteiger partial charge < -0.3 is 14.8 Å². The molecule has 21 heavy (non-hydrogen) atoms. The highest BCUT2D eigenvalue weighted by atomic mass is 16.5. The number of nitrogens with one attached hydrogen (secondary N) is 1. The van der Waals surface area contributed by atoms with Gasteiger partial charge in [0.2, 0.25) is 0 Å². The van der Waals surface area contributed by atoms with Gasteiger partial charge in [0.05, 0.1) is 26.6 Å². The van der Waals surface area contributed by atoms with Gasteiger partial charge >= 0.3 is 5.97 Å². The molecule has 0 atom stereocenters. The summed E-state index contributed by atoms with van der Waals surface area (Å²) in [6.07, 6.45) is 3.76. The Balaban J connectivity index is 1.83. The van der Waals surface area contributed by atoms with Crippen LogP contribution in [0.3, 0.4) is 0 Å². The van der Waals surface area contributed by atoms with E-state index in [-0.39, 0.29) is 5.69 Å². The number of methoxy groups -OCH3 is 2. The molecule has 0 bridgehead atoms. The topological polar surface area (TPSA) is 73.3 Å². The summed E-state index contributed by atoms with van der Waals surface area (Å²) in [7, 11) is 2.96. The molecule has 1 heterocycles. The molecule has 1 aromatic heterocycles. The fourth-order valence-corrected chi connectivity index (χ4v) is 1.76. The number of carbonyl (C=O) groups excluding carboxylic acids is 1. The summed E-state index contributed by atoms with van der Waals surface area (Å²) in [6, 6.07) is 7.90. The van der Waals surface area contributed by atoms with Crippen LogP contribution >= 0.6 is 0 Å². The Bertz CT molecular complexity index is 582. The van der Waals surface area contributed by atoms with Crippen LogP contribution in [-0.4, -0.2) is 36.7 Å². The lowest BCUT2D eigenvalue weighted by Crippen LogP contribution is -2.09. The Labute approximate surface area is 123 Å². The number of hydrogen-bond acceptors (Lipinski definition) is 6. The average molecular weight is 287 g/mol. The van der Waals surface area contributed by atoms with Crippen molar-refractivity contribution < 1.29 is 14.3 Å². The van der Waals surface area contributed by atoms with Crippen LogP contribution in [0, 0.1) is 0 Å². The quantitative estimate of drug-likeness (QED) is 0.818. The molecule has 1 N–H and O–H groups in total. The van der Waals surface area contributed by atoms with Crippen molar-refractivity contribution in [3.8, 4) is 5.75 Å². The van der Waals surface area contributed by atoms with Gasteiger partial charge in [-0.25, -0.2) is 14.8 Å². The molecule has 0 radical (unpaired) electrons. The van der Waals surface area contributed by atoms with Gasteiger partial charge in [0.1, 0.15) is 11.6 Å². The molecule has 0 saturated carbocycles. The molecule has 0 aliphatic heterocycles. The number of hydrogen-bond donors (Lipinski definition) is 1. The fraction of sp³-hybridized carbons (Fsp3) is 0.267. The third kappa shape index (κ3) is 4.17. The van der Waals surface area contributed by atoms with Gasteiger partial charge in [-0.15, -0.1) is 0 Å². The van der Waals surface area contributed by atoms with Crippen LogP contribution < -0.4 is 10.1 Å². The third-order valence-electron chi connectivity index (χ3n) is 2.93. The minimum absolute atomic E-state index is 0.193. The zero-order valence-electron chi connectivity index (χ0n) is 12.0. The third-order valence-corrected chi connectivity index (χ3v) is 2.93. The van der Waals surface area contributed by atoms with Crippen molar-refractivity contribution in [1.29, 1.82) is 0 Å². The van der Waals surface area contributed by atoms with Crippen LogP contribution in [0.25, 0.3) is 0 Å². The number of benzene rings is 1. The highest BCUT2D eigenvalue weighted by Crippen LogP contribution is 2.11. The first-order valence-corrected chi connectivity index (χ1v) is 6.50. The lowest BCUT2D eigenvalue weighted by atomic mass is 10.1. The first kappa shape index (κ1) is 14.8. The monoisotopic (exact) mass is 287 g/mol. The summed E-state index contributed by atoms with van der Waals surface area (Å²) in [6.45, 7) is 0.721. The molecular weight excluding hydrogens is 270 g/mol. The van der Waals surface area contributed by atoms with Gasteiger partial charge in [-0.05, 0) is 24.1 Å². The van der Waals surface area contributed by atoms with E-state index in [9.17, 15) is 4.79 Å². The molecule has 0 unspecified atom stereocenters. The van der Waals surface area contributed by atoms with E-state index in [0.717, 1.165) is 18.7 Å². The number of rotatable bonds is 6. The molecular formula is C15H17N3O3. The Kier molecular flexibility index (Phi) is 5.09. The minimum atomic E-state index is -0.493. The van der Waals surface area contributed by atoms with Gasteiger partial charge in [0.25, 0.3) is 0 Å². The lowest BCUT2D eigenvalue weighted by molar-refractivity contribution is 0.0593. The van der Waals surface area contributed by atoms with Gasteiger partial charge in [0.15, 0.2) is 5.69 Å². The molecule has 110 valence electrons. The van der Waals surface area contributed by atoms with Crippen LogP contribution in [0.1, 0.15) is 16.1 Å². The maximum atomic E-state index is 11.2. The molecule has 0 aliphatic carbocycles. The van der Waals surface area contributed by atoms with E-state index in [0.29, 0.717) is 5.82 Å². The maximum absolute atomic E-state index is 11.2. The number of anilines is 1. The van der Waals surface area contributed by atoms with E-state index in [1.807, 2.05) is 24.3 Å². The van der Waals surface area contributed by atoms with E-state index in [1.54, 1.807) is 7.11 Å². The number of ether oxygens (including phenoxy) is 2. The summed E-state index contributed by atoms with van der Waals surface area (Å²) in [5.41, 5.74) is 1.39. The van der Waals surface area contributed by atoms with Crippen LogP contribution in [-0.2, 0) is 11.2 Å². The van der Waals surface area contributed by atoms with Crippen molar-refractivity contribution in [3.63, 3.8) is 0 Å². The average Bonchev–Trinajstić information content (AvgIpc) is 2.55. The molecule has 0 saturated heterocycles. The lowest BCUT2D eigenvalue weighted by Gasteiger charge is -2.06. The first-order valence-electron chi connectivity index (χ1n) is 6.50. The highest BCUT2D eigenvalue weighted by Gasteiger charge is 2.06. The molecule has 0 fully saturated rings. The Morgan fingerprint density at radius 2 is 1.90 bits per heavy atom. The van der Waals surface area contributed by atoms with E-state index < -0.39 is 5.97 Å². The Morgan fingerprint density at radius 1 is 1.14 bits per heavy atom. The largest absolute Gasteiger partial charge is 0.497 e. The fourth-order valence-electron chi connectivity index (χ4n) is 1.76. The van der Waals surface area contributed by atoms with Crippen molar-refractivity contribution in [1.82, 2.24) is 9.97 Å². The summed E-state index contributed by atoms with van der Waals surface area (Å²) in [5, 5.41) is 3.15. The molecule has 0 spiro atoms. The minimum Gasteiger partial charge on any atom is -0.497 e. The van der Waals surface area contributed by atoms with Crippen LogP contribution in [0.5, 0.6) is 5.75 Å². The molecule has 0 aliphatic rings. The molecule has 0 amide bonds. The molecule has 2 aromatic rings. The second-order valence-corrected chi connectivity index (χ2v) is 4.30. The van der Waals surface area contributed by atoms with Gasteiger partial charge in [-0.2, -0.15) is 0 Å². The highest BCUT2D eigenvalue weighted by molar-refractivity contribution is 5.86. The summed E-state index contributed by atoms with van der Waals surface area (Å²) >= 11 is 0. The Hall–Kier alpha value is -2.63. The SMILES string of the molecule is COC(=O)c1cnc(NCCc2ccc(OC)cc2)cn1. The van der Waals surface area contributed by atoms with E-state index in [4.69, 9.17) is 4.74 Å². The number of nitrogens with zero attached hydrogens (tertiary/aromatic N) is 2. The summed E-state index contributed by atoms with van der Waals surface area (Å²) < 4.78 is 9.67. The summed E-state index contributed by atoms with van der Waals surface area (Å²) in [5.74, 6) is 0.972. The second kappa shape index (κ2) is 7.23. The normalized spacial score (nSPS) is 10.0. The van der Waals surface area contributed by atoms with Crippen molar-refractivity contribution >= 4 is 11.8 Å². The van der Waals surface area contributed by atoms with Gasteiger partial charge in [-0.3, -0.25) is 0 Å². The number of aromatic nitrogens is 2. The van der Waals surface area contributed by atoms with Crippen LogP contribution in [0.15, 0.2) is 36.7 Å². The summed E-state index contributed by atoms with van der Waals surface area (Å²) in [4.78, 5) is 19.3. The molecule has 6 nitrogen and oxygen atoms in total. The zero-order chi connectivity index (χ0) is 15.1. The van der Waals surface area contributed by atoms with Crippen molar-refractivity contribution in [3.05, 3.63) is 47.9 Å². The Morgan fingerprint density at radius 3 is 2.48 bits per heavy atom. The predicted molar refractivity (Wildman–Crippen MR) is 78.6 cm³/mol. The number of carbonyl (C=O) groups is 1. The number of esters is 1. The smallest absolute Gasteiger partial charge is 0.358 e. The van der Waals surface area contributed by atoms with Crippen molar-refractivity contribution in [2.45, 2.75) is 6.42 Å². The molecule has 1 aromatic carbocycles. The molecule has 6 heteroatoms.